The molecule has 0 bridgehead atoms. The number of carbonyl (C=O) groups excluding carboxylic acids is 1. The lowest BCUT2D eigenvalue weighted by molar-refractivity contribution is -0.142. The van der Waals surface area contributed by atoms with Crippen molar-refractivity contribution >= 4 is 19.3 Å². The van der Waals surface area contributed by atoms with Gasteiger partial charge in [-0.05, 0) is 24.1 Å². The lowest BCUT2D eigenvalue weighted by atomic mass is 10.1. The normalized spacial score (nSPS) is 14.2. The van der Waals surface area contributed by atoms with Gasteiger partial charge in [0.15, 0.2) is 0 Å². The number of esters is 1. The fraction of sp³-hybridized carbons (Fsp3) is 0.300. The SMILES string of the molecule is COC(=O)[C@@H](N)Cc1ccc([PH](=O)O)cc1. The summed E-state index contributed by atoms with van der Waals surface area (Å²) in [6.45, 7) is 0. The van der Waals surface area contributed by atoms with Gasteiger partial charge in [-0.2, -0.15) is 0 Å². The molecule has 1 unspecified atom stereocenters. The van der Waals surface area contributed by atoms with Crippen LogP contribution < -0.4 is 11.0 Å². The highest BCUT2D eigenvalue weighted by atomic mass is 31.1. The standard InChI is InChI=1S/C10H14NO4P/c1-15-10(12)9(11)6-7-2-4-8(5-3-7)16(13)14/h2-5,9,16H,6,11H2,1H3,(H,13,14)/t9-/m0/s1. The molecule has 0 aliphatic heterocycles. The van der Waals surface area contributed by atoms with Gasteiger partial charge in [-0.1, -0.05) is 12.1 Å². The molecule has 0 radical (unpaired) electrons. The van der Waals surface area contributed by atoms with E-state index in [1.54, 1.807) is 24.3 Å². The fourth-order valence-corrected chi connectivity index (χ4v) is 1.72. The number of ether oxygens (including phenoxy) is 1. The maximum Gasteiger partial charge on any atom is 0.322 e. The van der Waals surface area contributed by atoms with Gasteiger partial charge in [-0.15, -0.1) is 0 Å². The van der Waals surface area contributed by atoms with E-state index in [1.807, 2.05) is 0 Å². The summed E-state index contributed by atoms with van der Waals surface area (Å²) < 4.78 is 15.3. The summed E-state index contributed by atoms with van der Waals surface area (Å²) in [7, 11) is -1.37. The van der Waals surface area contributed by atoms with Crippen molar-refractivity contribution in [3.63, 3.8) is 0 Å². The van der Waals surface area contributed by atoms with Gasteiger partial charge >= 0.3 is 5.97 Å². The molecule has 1 rings (SSSR count). The Labute approximate surface area is 94.1 Å². The highest BCUT2D eigenvalue weighted by molar-refractivity contribution is 7.47. The molecule has 0 amide bonds. The molecule has 0 spiro atoms. The first-order valence-electron chi connectivity index (χ1n) is 4.70. The second-order valence-electron chi connectivity index (χ2n) is 3.34. The molecule has 1 aromatic rings. The summed E-state index contributed by atoms with van der Waals surface area (Å²) in [5.41, 5.74) is 6.40. The smallest absolute Gasteiger partial charge is 0.322 e. The van der Waals surface area contributed by atoms with E-state index in [0.29, 0.717) is 11.7 Å². The van der Waals surface area contributed by atoms with E-state index in [9.17, 15) is 9.36 Å². The molecular formula is C10H14NO4P. The topological polar surface area (TPSA) is 89.6 Å². The minimum Gasteiger partial charge on any atom is -0.468 e. The van der Waals surface area contributed by atoms with Crippen LogP contribution in [-0.4, -0.2) is 24.0 Å². The first kappa shape index (κ1) is 12.9. The zero-order chi connectivity index (χ0) is 12.1. The molecule has 0 aliphatic rings. The van der Waals surface area contributed by atoms with Crippen LogP contribution in [0.2, 0.25) is 0 Å². The van der Waals surface area contributed by atoms with Crippen molar-refractivity contribution in [1.29, 1.82) is 0 Å². The van der Waals surface area contributed by atoms with Crippen molar-refractivity contribution in [2.24, 2.45) is 5.73 Å². The summed E-state index contributed by atoms with van der Waals surface area (Å²) in [5, 5.41) is 0.389. The Morgan fingerprint density at radius 2 is 2.06 bits per heavy atom. The van der Waals surface area contributed by atoms with Crippen molar-refractivity contribution in [3.05, 3.63) is 29.8 Å². The Balaban J connectivity index is 2.68. The molecule has 0 saturated heterocycles. The average Bonchev–Trinajstić information content (AvgIpc) is 2.28. The van der Waals surface area contributed by atoms with Gasteiger partial charge in [0.2, 0.25) is 8.03 Å². The van der Waals surface area contributed by atoms with Crippen molar-refractivity contribution in [2.45, 2.75) is 12.5 Å². The first-order valence-corrected chi connectivity index (χ1v) is 6.05. The zero-order valence-corrected chi connectivity index (χ0v) is 9.84. The molecule has 1 aromatic carbocycles. The third-order valence-corrected chi connectivity index (χ3v) is 2.99. The molecule has 0 aliphatic carbocycles. The number of nitrogens with two attached hydrogens (primary N) is 1. The summed E-state index contributed by atoms with van der Waals surface area (Å²) >= 11 is 0. The minimum absolute atomic E-state index is 0.347. The van der Waals surface area contributed by atoms with Crippen molar-refractivity contribution in [3.8, 4) is 0 Å². The maximum atomic E-state index is 11.1. The van der Waals surface area contributed by atoms with Gasteiger partial charge < -0.3 is 15.4 Å². The van der Waals surface area contributed by atoms with Crippen LogP contribution >= 0.6 is 8.03 Å². The lowest BCUT2D eigenvalue weighted by Crippen LogP contribution is -2.33. The Bertz CT molecular complexity index is 390. The first-order chi connectivity index (χ1) is 7.54. The third-order valence-electron chi connectivity index (χ3n) is 2.16. The van der Waals surface area contributed by atoms with Gasteiger partial charge in [-0.25, -0.2) is 0 Å². The summed E-state index contributed by atoms with van der Waals surface area (Å²) in [5.74, 6) is -0.472. The van der Waals surface area contributed by atoms with Crippen LogP contribution in [0, 0.1) is 0 Å². The molecule has 0 aromatic heterocycles. The second-order valence-corrected chi connectivity index (χ2v) is 4.52. The van der Waals surface area contributed by atoms with E-state index < -0.39 is 20.0 Å². The number of carbonyl (C=O) groups is 1. The highest BCUT2D eigenvalue weighted by Gasteiger charge is 2.14. The molecular weight excluding hydrogens is 229 g/mol. The summed E-state index contributed by atoms with van der Waals surface area (Å²) in [6.07, 6.45) is 0.347. The van der Waals surface area contributed by atoms with E-state index in [1.165, 1.54) is 7.11 Å². The molecule has 3 N–H and O–H groups in total. The van der Waals surface area contributed by atoms with E-state index in [4.69, 9.17) is 10.6 Å². The minimum atomic E-state index is -2.65. The van der Waals surface area contributed by atoms with E-state index >= 15 is 0 Å². The third kappa shape index (κ3) is 3.45. The summed E-state index contributed by atoms with van der Waals surface area (Å²) in [6, 6.07) is 5.76. The Kier molecular flexibility index (Phi) is 4.68. The maximum absolute atomic E-state index is 11.1. The molecule has 88 valence electrons. The number of rotatable bonds is 4. The van der Waals surface area contributed by atoms with Crippen LogP contribution in [0.25, 0.3) is 0 Å². The van der Waals surface area contributed by atoms with Gasteiger partial charge in [0.05, 0.1) is 7.11 Å². The highest BCUT2D eigenvalue weighted by Crippen LogP contribution is 2.13. The molecule has 2 atom stereocenters. The number of methoxy groups -OCH3 is 1. The van der Waals surface area contributed by atoms with Gasteiger partial charge in [0.25, 0.3) is 0 Å². The van der Waals surface area contributed by atoms with Crippen LogP contribution in [0.15, 0.2) is 24.3 Å². The average molecular weight is 243 g/mol. The van der Waals surface area contributed by atoms with Crippen molar-refractivity contribution in [2.75, 3.05) is 7.11 Å². The lowest BCUT2D eigenvalue weighted by Gasteiger charge is -2.09. The second kappa shape index (κ2) is 5.80. The Morgan fingerprint density at radius 1 is 1.50 bits per heavy atom. The Hall–Kier alpha value is -1.16. The molecule has 16 heavy (non-hydrogen) atoms. The largest absolute Gasteiger partial charge is 0.468 e. The number of hydrogen-bond donors (Lipinski definition) is 2. The molecule has 0 heterocycles. The van der Waals surface area contributed by atoms with E-state index in [0.717, 1.165) is 5.56 Å². The zero-order valence-electron chi connectivity index (χ0n) is 8.84. The van der Waals surface area contributed by atoms with Crippen molar-refractivity contribution < 1.29 is 19.0 Å². The van der Waals surface area contributed by atoms with Gasteiger partial charge in [-0.3, -0.25) is 9.36 Å². The van der Waals surface area contributed by atoms with Crippen LogP contribution in [0.3, 0.4) is 0 Å². The molecule has 0 fully saturated rings. The monoisotopic (exact) mass is 243 g/mol. The van der Waals surface area contributed by atoms with Gasteiger partial charge in [0, 0.05) is 5.30 Å². The quantitative estimate of drug-likeness (QED) is 0.565. The van der Waals surface area contributed by atoms with Crippen LogP contribution in [0.5, 0.6) is 0 Å². The number of hydrogen-bond acceptors (Lipinski definition) is 4. The molecule has 0 saturated carbocycles. The van der Waals surface area contributed by atoms with Crippen LogP contribution in [-0.2, 0) is 20.5 Å². The van der Waals surface area contributed by atoms with Crippen molar-refractivity contribution in [1.82, 2.24) is 0 Å². The van der Waals surface area contributed by atoms with Gasteiger partial charge in [0.1, 0.15) is 6.04 Å². The fourth-order valence-electron chi connectivity index (χ4n) is 1.27. The molecule has 6 heteroatoms. The van der Waals surface area contributed by atoms with Crippen LogP contribution in [0.1, 0.15) is 5.56 Å². The van der Waals surface area contributed by atoms with Crippen LogP contribution in [0.4, 0.5) is 0 Å². The Morgan fingerprint density at radius 3 is 2.50 bits per heavy atom. The van der Waals surface area contributed by atoms with E-state index in [2.05, 4.69) is 4.74 Å². The van der Waals surface area contributed by atoms with E-state index in [-0.39, 0.29) is 0 Å². The summed E-state index contributed by atoms with van der Waals surface area (Å²) in [4.78, 5) is 19.9. The molecule has 5 nitrogen and oxygen atoms in total. The predicted molar refractivity (Wildman–Crippen MR) is 61.0 cm³/mol. The number of benzene rings is 1. The predicted octanol–water partition coefficient (Wildman–Crippen LogP) is -0.178.